The number of alkyl halides is 2. The Bertz CT molecular complexity index is 482. The second-order valence-corrected chi connectivity index (χ2v) is 2.85. The van der Waals surface area contributed by atoms with E-state index in [9.17, 15) is 18.7 Å². The summed E-state index contributed by atoms with van der Waals surface area (Å²) in [7, 11) is 1.03. The molecule has 0 unspecified atom stereocenters. The van der Waals surface area contributed by atoms with Crippen molar-refractivity contribution >= 4 is 5.97 Å². The van der Waals surface area contributed by atoms with Gasteiger partial charge in [0.05, 0.1) is 12.7 Å². The van der Waals surface area contributed by atoms with E-state index in [1.54, 1.807) is 0 Å². The summed E-state index contributed by atoms with van der Waals surface area (Å²) >= 11 is 0. The fourth-order valence-electron chi connectivity index (χ4n) is 1.17. The second kappa shape index (κ2) is 5.12. The van der Waals surface area contributed by atoms with Crippen LogP contribution in [0.1, 0.15) is 15.9 Å². The highest BCUT2D eigenvalue weighted by Crippen LogP contribution is 2.30. The second-order valence-electron chi connectivity index (χ2n) is 2.85. The molecule has 0 radical (unpaired) electrons. The molecule has 7 heteroatoms. The van der Waals surface area contributed by atoms with Crippen LogP contribution >= 0.6 is 0 Å². The summed E-state index contributed by atoms with van der Waals surface area (Å²) in [5.74, 6) is -2.04. The Labute approximate surface area is 94.8 Å². The molecule has 17 heavy (non-hydrogen) atoms. The first-order valence-corrected chi connectivity index (χ1v) is 4.29. The van der Waals surface area contributed by atoms with Crippen molar-refractivity contribution in [3.63, 3.8) is 0 Å². The lowest BCUT2D eigenvalue weighted by Gasteiger charge is -2.11. The Hall–Kier alpha value is -2.36. The molecule has 0 bridgehead atoms. The summed E-state index contributed by atoms with van der Waals surface area (Å²) in [4.78, 5) is 11.3. The molecule has 0 fully saturated rings. The highest BCUT2D eigenvalue weighted by Gasteiger charge is 2.21. The molecule has 0 spiro atoms. The molecule has 0 aromatic heterocycles. The van der Waals surface area contributed by atoms with Crippen LogP contribution in [0.5, 0.6) is 11.5 Å². The third-order valence-corrected chi connectivity index (χ3v) is 1.81. The van der Waals surface area contributed by atoms with Crippen molar-refractivity contribution in [3.05, 3.63) is 23.3 Å². The molecule has 1 aromatic rings. The fraction of sp³-hybridized carbons (Fsp3) is 0.200. The molecule has 5 nitrogen and oxygen atoms in total. The Morgan fingerprint density at radius 2 is 2.18 bits per heavy atom. The number of phenolic OH excluding ortho intramolecular Hbond substituents is 1. The molecule has 90 valence electrons. The summed E-state index contributed by atoms with van der Waals surface area (Å²) in [6, 6.07) is 3.32. The molecule has 0 aliphatic rings. The summed E-state index contributed by atoms with van der Waals surface area (Å²) in [6.45, 7) is -3.20. The maximum Gasteiger partial charge on any atom is 0.387 e. The fourth-order valence-corrected chi connectivity index (χ4v) is 1.17. The molecule has 1 N–H and O–H groups in total. The quantitative estimate of drug-likeness (QED) is 0.816. The van der Waals surface area contributed by atoms with Crippen LogP contribution < -0.4 is 4.74 Å². The van der Waals surface area contributed by atoms with Crippen LogP contribution in [0.2, 0.25) is 0 Å². The highest BCUT2D eigenvalue weighted by molar-refractivity contribution is 5.94. The van der Waals surface area contributed by atoms with Gasteiger partial charge in [-0.15, -0.1) is 0 Å². The number of methoxy groups -OCH3 is 1. The summed E-state index contributed by atoms with van der Waals surface area (Å²) in [5, 5.41) is 17.9. The number of halogens is 2. The normalized spacial score (nSPS) is 9.82. The largest absolute Gasteiger partial charge is 0.508 e. The van der Waals surface area contributed by atoms with Gasteiger partial charge in [-0.2, -0.15) is 14.0 Å². The standard InChI is InChI=1S/C10H7F2NO4/c1-16-9(15)7-3-6(14)2-5(4-13)8(7)17-10(11)12/h2-3,10,14H,1H3. The van der Waals surface area contributed by atoms with Crippen molar-refractivity contribution in [2.45, 2.75) is 6.61 Å². The molecule has 0 heterocycles. The number of carbonyl (C=O) groups excluding carboxylic acids is 1. The smallest absolute Gasteiger partial charge is 0.387 e. The first-order valence-electron chi connectivity index (χ1n) is 4.29. The number of esters is 1. The van der Waals surface area contributed by atoms with Gasteiger partial charge < -0.3 is 14.6 Å². The number of aromatic hydroxyl groups is 1. The highest BCUT2D eigenvalue weighted by atomic mass is 19.3. The van der Waals surface area contributed by atoms with Gasteiger partial charge in [0.25, 0.3) is 0 Å². The van der Waals surface area contributed by atoms with Gasteiger partial charge in [-0.1, -0.05) is 0 Å². The lowest BCUT2D eigenvalue weighted by atomic mass is 10.1. The number of hydrogen-bond acceptors (Lipinski definition) is 5. The molecule has 1 rings (SSSR count). The molecular weight excluding hydrogens is 236 g/mol. The van der Waals surface area contributed by atoms with Crippen molar-refractivity contribution < 1.29 is 28.2 Å². The van der Waals surface area contributed by atoms with Gasteiger partial charge in [-0.05, 0) is 6.07 Å². The molecule has 0 saturated heterocycles. The van der Waals surface area contributed by atoms with Crippen molar-refractivity contribution in [1.82, 2.24) is 0 Å². The van der Waals surface area contributed by atoms with E-state index in [-0.39, 0.29) is 5.56 Å². The van der Waals surface area contributed by atoms with Crippen molar-refractivity contribution in [1.29, 1.82) is 5.26 Å². The SMILES string of the molecule is COC(=O)c1cc(O)cc(C#N)c1OC(F)F. The summed E-state index contributed by atoms with van der Waals surface area (Å²) in [5.41, 5.74) is -0.824. The van der Waals surface area contributed by atoms with Crippen molar-refractivity contribution in [3.8, 4) is 17.6 Å². The summed E-state index contributed by atoms with van der Waals surface area (Å²) in [6.07, 6.45) is 0. The Morgan fingerprint density at radius 1 is 1.53 bits per heavy atom. The number of nitriles is 1. The van der Waals surface area contributed by atoms with E-state index < -0.39 is 29.6 Å². The van der Waals surface area contributed by atoms with Gasteiger partial charge in [-0.25, -0.2) is 4.79 Å². The minimum Gasteiger partial charge on any atom is -0.508 e. The Balaban J connectivity index is 3.39. The minimum absolute atomic E-state index is 0.384. The van der Waals surface area contributed by atoms with Crippen LogP contribution in [-0.2, 0) is 4.74 Å². The lowest BCUT2D eigenvalue weighted by Crippen LogP contribution is -2.10. The number of phenols is 1. The number of hydrogen-bond donors (Lipinski definition) is 1. The van der Waals surface area contributed by atoms with Gasteiger partial charge in [0.2, 0.25) is 0 Å². The van der Waals surface area contributed by atoms with E-state index in [0.717, 1.165) is 19.2 Å². The molecule has 0 aliphatic carbocycles. The average Bonchev–Trinajstić information content (AvgIpc) is 2.29. The number of ether oxygens (including phenoxy) is 2. The van der Waals surface area contributed by atoms with E-state index in [0.29, 0.717) is 0 Å². The Morgan fingerprint density at radius 3 is 2.65 bits per heavy atom. The first kappa shape index (κ1) is 12.7. The van der Waals surface area contributed by atoms with Gasteiger partial charge in [0, 0.05) is 6.07 Å². The van der Waals surface area contributed by atoms with E-state index in [1.807, 2.05) is 0 Å². The lowest BCUT2D eigenvalue weighted by molar-refractivity contribution is -0.0506. The van der Waals surface area contributed by atoms with Gasteiger partial charge in [0.1, 0.15) is 17.4 Å². The average molecular weight is 243 g/mol. The van der Waals surface area contributed by atoms with Gasteiger partial charge >= 0.3 is 12.6 Å². The third-order valence-electron chi connectivity index (χ3n) is 1.81. The van der Waals surface area contributed by atoms with Crippen LogP contribution in [0, 0.1) is 11.3 Å². The van der Waals surface area contributed by atoms with E-state index in [1.165, 1.54) is 6.07 Å². The van der Waals surface area contributed by atoms with Crippen LogP contribution in [0.3, 0.4) is 0 Å². The van der Waals surface area contributed by atoms with E-state index in [2.05, 4.69) is 9.47 Å². The van der Waals surface area contributed by atoms with Crippen LogP contribution in [0.25, 0.3) is 0 Å². The molecule has 1 aromatic carbocycles. The number of carbonyl (C=O) groups is 1. The van der Waals surface area contributed by atoms with E-state index >= 15 is 0 Å². The van der Waals surface area contributed by atoms with Crippen molar-refractivity contribution in [2.75, 3.05) is 7.11 Å². The maximum absolute atomic E-state index is 12.1. The summed E-state index contributed by atoms with van der Waals surface area (Å²) < 4.78 is 32.7. The first-order chi connectivity index (χ1) is 7.99. The van der Waals surface area contributed by atoms with Crippen LogP contribution in [0.15, 0.2) is 12.1 Å². The Kier molecular flexibility index (Phi) is 3.82. The number of nitrogens with zero attached hydrogens (tertiary/aromatic N) is 1. The number of rotatable bonds is 3. The zero-order valence-corrected chi connectivity index (χ0v) is 8.61. The molecule has 0 aliphatic heterocycles. The molecular formula is C10H7F2NO4. The zero-order valence-electron chi connectivity index (χ0n) is 8.61. The monoisotopic (exact) mass is 243 g/mol. The zero-order chi connectivity index (χ0) is 13.0. The third kappa shape index (κ3) is 2.81. The van der Waals surface area contributed by atoms with Crippen LogP contribution in [0.4, 0.5) is 8.78 Å². The molecule has 0 saturated carbocycles. The van der Waals surface area contributed by atoms with Crippen molar-refractivity contribution in [2.24, 2.45) is 0 Å². The molecule has 0 amide bonds. The van der Waals surface area contributed by atoms with Gasteiger partial charge in [0.15, 0.2) is 5.75 Å². The van der Waals surface area contributed by atoms with Gasteiger partial charge in [-0.3, -0.25) is 0 Å². The predicted molar refractivity (Wildman–Crippen MR) is 50.8 cm³/mol. The van der Waals surface area contributed by atoms with Crippen LogP contribution in [-0.4, -0.2) is 24.8 Å². The topological polar surface area (TPSA) is 79.5 Å². The molecule has 0 atom stereocenters. The predicted octanol–water partition coefficient (Wildman–Crippen LogP) is 1.65. The minimum atomic E-state index is -3.20. The number of benzene rings is 1. The maximum atomic E-state index is 12.1. The van der Waals surface area contributed by atoms with E-state index in [4.69, 9.17) is 5.26 Å².